The minimum Gasteiger partial charge on any atom is -0.340 e. The van der Waals surface area contributed by atoms with Crippen molar-refractivity contribution in [2.45, 2.75) is 39.3 Å². The summed E-state index contributed by atoms with van der Waals surface area (Å²) in [4.78, 5) is 26.6. The molecule has 0 saturated carbocycles. The number of nitrogens with one attached hydrogen (secondary N) is 4. The lowest BCUT2D eigenvalue weighted by molar-refractivity contribution is 0.193. The Hall–Kier alpha value is -3.92. The molecule has 10 heteroatoms. The summed E-state index contributed by atoms with van der Waals surface area (Å²) >= 11 is 0. The van der Waals surface area contributed by atoms with Crippen LogP contribution in [0.5, 0.6) is 0 Å². The number of H-pyrrole nitrogens is 2. The van der Waals surface area contributed by atoms with E-state index in [1.807, 2.05) is 37.8 Å². The lowest BCUT2D eigenvalue weighted by Gasteiger charge is -2.30. The van der Waals surface area contributed by atoms with Gasteiger partial charge >= 0.3 is 6.03 Å². The molecule has 0 radical (unpaired) electrons. The lowest BCUT2D eigenvalue weighted by Crippen LogP contribution is -2.49. The van der Waals surface area contributed by atoms with Gasteiger partial charge in [0.25, 0.3) is 0 Å². The van der Waals surface area contributed by atoms with Gasteiger partial charge in [0.2, 0.25) is 0 Å². The Balaban J connectivity index is 1.39. The van der Waals surface area contributed by atoms with Crippen LogP contribution in [0.4, 0.5) is 16.3 Å². The van der Waals surface area contributed by atoms with Gasteiger partial charge in [0.05, 0.1) is 17.1 Å². The zero-order chi connectivity index (χ0) is 23.9. The minimum atomic E-state index is -0.257. The molecule has 34 heavy (non-hydrogen) atoms. The van der Waals surface area contributed by atoms with E-state index in [1.54, 1.807) is 12.5 Å². The Bertz CT molecular complexity index is 1390. The second-order valence-electron chi connectivity index (χ2n) is 9.57. The van der Waals surface area contributed by atoms with Crippen LogP contribution < -0.4 is 16.4 Å². The van der Waals surface area contributed by atoms with E-state index >= 15 is 0 Å². The smallest absolute Gasteiger partial charge is 0.318 e. The van der Waals surface area contributed by atoms with E-state index < -0.39 is 0 Å². The van der Waals surface area contributed by atoms with Crippen LogP contribution in [0, 0.1) is 0 Å². The van der Waals surface area contributed by atoms with Crippen LogP contribution in [-0.2, 0) is 6.54 Å². The average Bonchev–Trinajstić information content (AvgIpc) is 3.45. The molecule has 0 atom stereocenters. The molecular weight excluding hydrogens is 430 g/mol. The third-order valence-electron chi connectivity index (χ3n) is 5.86. The van der Waals surface area contributed by atoms with Gasteiger partial charge in [-0.3, -0.25) is 5.10 Å². The van der Waals surface area contributed by atoms with Gasteiger partial charge in [-0.2, -0.15) is 5.10 Å². The third kappa shape index (κ3) is 4.32. The van der Waals surface area contributed by atoms with Crippen molar-refractivity contribution >= 4 is 45.0 Å². The van der Waals surface area contributed by atoms with Crippen LogP contribution in [0.1, 0.15) is 38.4 Å². The fraction of sp³-hybridized carbons (Fsp3) is 0.333. The van der Waals surface area contributed by atoms with Gasteiger partial charge < -0.3 is 26.3 Å². The maximum Gasteiger partial charge on any atom is 0.318 e. The zero-order valence-corrected chi connectivity index (χ0v) is 19.6. The molecule has 0 aliphatic carbocycles. The second kappa shape index (κ2) is 8.45. The zero-order valence-electron chi connectivity index (χ0n) is 19.6. The molecule has 0 bridgehead atoms. The number of carbonyl (C=O) groups excluding carboxylic acids is 1. The van der Waals surface area contributed by atoms with Gasteiger partial charge in [0.15, 0.2) is 0 Å². The topological polar surface area (TPSA) is 141 Å². The van der Waals surface area contributed by atoms with Crippen LogP contribution in [0.15, 0.2) is 36.8 Å². The summed E-state index contributed by atoms with van der Waals surface area (Å²) in [5.41, 5.74) is 11.4. The number of aromatic nitrogens is 5. The summed E-state index contributed by atoms with van der Waals surface area (Å²) in [5.74, 6) is 0.709. The molecule has 1 aliphatic heterocycles. The molecular formula is C24H29N9O. The molecule has 0 fully saturated rings. The summed E-state index contributed by atoms with van der Waals surface area (Å²) in [7, 11) is 0. The Labute approximate surface area is 197 Å². The van der Waals surface area contributed by atoms with E-state index in [4.69, 9.17) is 5.73 Å². The molecule has 0 spiro atoms. The SMILES string of the molecule is CC(C)(C)NC(=O)N1CC=C(c2cc3c(Nc4cc(CN)c5[nH]ncc5c4)ncnc3[nH]2)CC1. The lowest BCUT2D eigenvalue weighted by atomic mass is 10.0. The summed E-state index contributed by atoms with van der Waals surface area (Å²) < 4.78 is 0. The van der Waals surface area contributed by atoms with E-state index in [0.29, 0.717) is 25.5 Å². The number of urea groups is 1. The first-order chi connectivity index (χ1) is 16.3. The van der Waals surface area contributed by atoms with Crippen LogP contribution >= 0.6 is 0 Å². The Kier molecular flexibility index (Phi) is 5.45. The van der Waals surface area contributed by atoms with Gasteiger partial charge in [-0.15, -0.1) is 0 Å². The standard InChI is InChI=1S/C24H29N9O/c1-24(2,3)31-23(34)33-6-4-14(5-7-33)19-10-18-21(26-13-27-22(18)30-19)29-17-8-15(11-25)20-16(9-17)12-28-32-20/h4,8-10,12-13H,5-7,11,25H2,1-3H3,(H,28,32)(H,31,34)(H2,26,27,29,30). The monoisotopic (exact) mass is 459 g/mol. The molecule has 176 valence electrons. The normalized spacial score (nSPS) is 14.5. The highest BCUT2D eigenvalue weighted by molar-refractivity contribution is 5.93. The van der Waals surface area contributed by atoms with Crippen LogP contribution in [0.2, 0.25) is 0 Å². The van der Waals surface area contributed by atoms with E-state index in [0.717, 1.165) is 50.9 Å². The number of benzene rings is 1. The first kappa shape index (κ1) is 21.9. The van der Waals surface area contributed by atoms with Crippen molar-refractivity contribution in [2.75, 3.05) is 18.4 Å². The predicted octanol–water partition coefficient (Wildman–Crippen LogP) is 3.63. The Morgan fingerprint density at radius 1 is 1.24 bits per heavy atom. The van der Waals surface area contributed by atoms with E-state index in [2.05, 4.69) is 47.9 Å². The number of carbonyl (C=O) groups is 1. The van der Waals surface area contributed by atoms with Crippen molar-refractivity contribution < 1.29 is 4.79 Å². The summed E-state index contributed by atoms with van der Waals surface area (Å²) in [5, 5.41) is 15.4. The van der Waals surface area contributed by atoms with Gasteiger partial charge in [0.1, 0.15) is 17.8 Å². The number of aromatic amines is 2. The quantitative estimate of drug-likeness (QED) is 0.316. The number of anilines is 2. The molecule has 10 nitrogen and oxygen atoms in total. The molecule has 0 saturated heterocycles. The molecule has 4 heterocycles. The Morgan fingerprint density at radius 3 is 2.82 bits per heavy atom. The number of rotatable bonds is 4. The number of nitrogens with zero attached hydrogens (tertiary/aromatic N) is 4. The molecule has 2 amide bonds. The number of amides is 2. The van der Waals surface area contributed by atoms with Crippen molar-refractivity contribution in [1.82, 2.24) is 35.4 Å². The van der Waals surface area contributed by atoms with Crippen LogP contribution in [-0.4, -0.2) is 54.7 Å². The molecule has 6 N–H and O–H groups in total. The van der Waals surface area contributed by atoms with Crippen molar-refractivity contribution in [3.63, 3.8) is 0 Å². The minimum absolute atomic E-state index is 0.0387. The van der Waals surface area contributed by atoms with Crippen molar-refractivity contribution in [3.8, 4) is 0 Å². The first-order valence-electron chi connectivity index (χ1n) is 11.3. The first-order valence-corrected chi connectivity index (χ1v) is 11.3. The van der Waals surface area contributed by atoms with Crippen molar-refractivity contribution in [3.05, 3.63) is 48.1 Å². The average molecular weight is 460 g/mol. The highest BCUT2D eigenvalue weighted by atomic mass is 16.2. The molecule has 4 aromatic rings. The van der Waals surface area contributed by atoms with Gasteiger partial charge in [-0.05, 0) is 56.5 Å². The fourth-order valence-corrected chi connectivity index (χ4v) is 4.21. The maximum absolute atomic E-state index is 12.5. The number of nitrogens with two attached hydrogens (primary N) is 1. The summed E-state index contributed by atoms with van der Waals surface area (Å²) in [6.45, 7) is 7.58. The van der Waals surface area contributed by atoms with Crippen LogP contribution in [0.25, 0.3) is 27.5 Å². The number of hydrogen-bond donors (Lipinski definition) is 5. The Morgan fingerprint density at radius 2 is 2.09 bits per heavy atom. The molecule has 5 rings (SSSR count). The molecule has 0 unspecified atom stereocenters. The highest BCUT2D eigenvalue weighted by Crippen LogP contribution is 2.30. The largest absolute Gasteiger partial charge is 0.340 e. The third-order valence-corrected chi connectivity index (χ3v) is 5.86. The highest BCUT2D eigenvalue weighted by Gasteiger charge is 2.22. The fourth-order valence-electron chi connectivity index (χ4n) is 4.21. The molecule has 3 aromatic heterocycles. The van der Waals surface area contributed by atoms with Crippen molar-refractivity contribution in [2.24, 2.45) is 5.73 Å². The molecule has 1 aliphatic rings. The van der Waals surface area contributed by atoms with E-state index in [9.17, 15) is 4.79 Å². The van der Waals surface area contributed by atoms with E-state index in [-0.39, 0.29) is 11.6 Å². The number of hydrogen-bond acceptors (Lipinski definition) is 6. The van der Waals surface area contributed by atoms with Gasteiger partial charge in [-0.25, -0.2) is 14.8 Å². The van der Waals surface area contributed by atoms with Crippen LogP contribution in [0.3, 0.4) is 0 Å². The second-order valence-corrected chi connectivity index (χ2v) is 9.57. The van der Waals surface area contributed by atoms with Gasteiger partial charge in [0, 0.05) is 41.9 Å². The van der Waals surface area contributed by atoms with Crippen molar-refractivity contribution in [1.29, 1.82) is 0 Å². The maximum atomic E-state index is 12.5. The predicted molar refractivity (Wildman–Crippen MR) is 134 cm³/mol. The summed E-state index contributed by atoms with van der Waals surface area (Å²) in [6.07, 6.45) is 6.18. The molecule has 1 aromatic carbocycles. The number of fused-ring (bicyclic) bond motifs is 2. The van der Waals surface area contributed by atoms with E-state index in [1.165, 1.54) is 0 Å². The van der Waals surface area contributed by atoms with Gasteiger partial charge in [-0.1, -0.05) is 6.08 Å². The summed E-state index contributed by atoms with van der Waals surface area (Å²) in [6, 6.07) is 6.04.